The number of aryl methyl sites for hydroxylation is 1. The van der Waals surface area contributed by atoms with Crippen molar-refractivity contribution in [1.29, 1.82) is 0 Å². The molecule has 0 unspecified atom stereocenters. The molecule has 0 saturated heterocycles. The summed E-state index contributed by atoms with van der Waals surface area (Å²) < 4.78 is 33.3. The Morgan fingerprint density at radius 1 is 0.575 bits per heavy atom. The second kappa shape index (κ2) is 11.3. The summed E-state index contributed by atoms with van der Waals surface area (Å²) in [6.45, 7) is 1.90. The van der Waals surface area contributed by atoms with Crippen molar-refractivity contribution < 1.29 is 13.0 Å². The molecular formula is C29H23N7O3S. The summed E-state index contributed by atoms with van der Waals surface area (Å²) in [4.78, 5) is -0.270. The molecule has 0 aliphatic rings. The summed E-state index contributed by atoms with van der Waals surface area (Å²) in [6.07, 6.45) is 0. The second-order valence-corrected chi connectivity index (χ2v) is 10.2. The van der Waals surface area contributed by atoms with Crippen LogP contribution in [-0.4, -0.2) is 13.0 Å². The van der Waals surface area contributed by atoms with E-state index in [4.69, 9.17) is 5.73 Å². The van der Waals surface area contributed by atoms with Gasteiger partial charge in [0.2, 0.25) is 0 Å². The zero-order chi connectivity index (χ0) is 28.1. The van der Waals surface area contributed by atoms with E-state index >= 15 is 0 Å². The molecule has 0 saturated carbocycles. The average Bonchev–Trinajstić information content (AvgIpc) is 2.95. The molecular weight excluding hydrogens is 526 g/mol. The predicted octanol–water partition coefficient (Wildman–Crippen LogP) is 9.22. The summed E-state index contributed by atoms with van der Waals surface area (Å²) in [5.41, 5.74) is 10.7. The zero-order valence-electron chi connectivity index (χ0n) is 21.2. The number of benzene rings is 5. The number of nitrogens with two attached hydrogens (primary N) is 1. The molecule has 0 atom stereocenters. The van der Waals surface area contributed by atoms with Crippen LogP contribution in [0.1, 0.15) is 5.56 Å². The van der Waals surface area contributed by atoms with Gasteiger partial charge >= 0.3 is 0 Å². The molecule has 11 heteroatoms. The van der Waals surface area contributed by atoms with E-state index in [1.807, 2.05) is 43.3 Å². The largest absolute Gasteiger partial charge is 0.399 e. The Balaban J connectivity index is 1.48. The molecule has 198 valence electrons. The van der Waals surface area contributed by atoms with Crippen LogP contribution in [0.15, 0.2) is 139 Å². The van der Waals surface area contributed by atoms with Crippen molar-refractivity contribution in [3.63, 3.8) is 0 Å². The molecule has 5 aromatic carbocycles. The topological polar surface area (TPSA) is 155 Å². The van der Waals surface area contributed by atoms with Crippen molar-refractivity contribution in [2.45, 2.75) is 11.8 Å². The van der Waals surface area contributed by atoms with Gasteiger partial charge in [0.05, 0.1) is 39.0 Å². The van der Waals surface area contributed by atoms with Gasteiger partial charge < -0.3 is 5.73 Å². The minimum atomic E-state index is -4.44. The van der Waals surface area contributed by atoms with Crippen molar-refractivity contribution in [2.24, 2.45) is 30.7 Å². The first kappa shape index (κ1) is 26.5. The summed E-state index contributed by atoms with van der Waals surface area (Å²) >= 11 is 0. The Kier molecular flexibility index (Phi) is 7.49. The molecule has 0 aliphatic carbocycles. The third-order valence-corrected chi connectivity index (χ3v) is 6.74. The van der Waals surface area contributed by atoms with E-state index in [1.54, 1.807) is 54.6 Å². The third kappa shape index (κ3) is 6.29. The van der Waals surface area contributed by atoms with E-state index in [-0.39, 0.29) is 4.90 Å². The SMILES string of the molecule is Cc1cc(N=Nc2ccc(N=Nc3ccc(N)cc3)c3ccc(S(=O)(=O)O)cc23)ccc1N=Nc1ccccc1. The predicted molar refractivity (Wildman–Crippen MR) is 155 cm³/mol. The van der Waals surface area contributed by atoms with Crippen LogP contribution in [0.3, 0.4) is 0 Å². The lowest BCUT2D eigenvalue weighted by Crippen LogP contribution is -1.97. The molecule has 5 rings (SSSR count). The van der Waals surface area contributed by atoms with Crippen LogP contribution in [0.2, 0.25) is 0 Å². The van der Waals surface area contributed by atoms with Crippen molar-refractivity contribution in [2.75, 3.05) is 5.73 Å². The smallest absolute Gasteiger partial charge is 0.294 e. The Hall–Kier alpha value is -5.13. The lowest BCUT2D eigenvalue weighted by atomic mass is 10.1. The molecule has 0 aromatic heterocycles. The molecule has 0 heterocycles. The van der Waals surface area contributed by atoms with Gasteiger partial charge in [-0.2, -0.15) is 28.9 Å². The maximum absolute atomic E-state index is 11.8. The van der Waals surface area contributed by atoms with Crippen LogP contribution >= 0.6 is 0 Å². The molecule has 5 aromatic rings. The van der Waals surface area contributed by atoms with E-state index < -0.39 is 10.1 Å². The van der Waals surface area contributed by atoms with E-state index in [2.05, 4.69) is 30.7 Å². The quantitative estimate of drug-likeness (QED) is 0.118. The molecule has 0 radical (unpaired) electrons. The number of rotatable bonds is 7. The number of nitrogen functional groups attached to an aromatic ring is 1. The summed E-state index contributed by atoms with van der Waals surface area (Å²) in [5, 5.41) is 26.9. The maximum Gasteiger partial charge on any atom is 0.294 e. The highest BCUT2D eigenvalue weighted by molar-refractivity contribution is 7.85. The molecule has 0 spiro atoms. The number of hydrogen-bond acceptors (Lipinski definition) is 9. The van der Waals surface area contributed by atoms with Gasteiger partial charge in [0.15, 0.2) is 0 Å². The molecule has 3 N–H and O–H groups in total. The number of fused-ring (bicyclic) bond motifs is 1. The Bertz CT molecular complexity index is 1890. The summed E-state index contributed by atoms with van der Waals surface area (Å²) in [6, 6.07) is 29.3. The third-order valence-electron chi connectivity index (χ3n) is 5.89. The van der Waals surface area contributed by atoms with Crippen LogP contribution < -0.4 is 5.73 Å². The van der Waals surface area contributed by atoms with Gasteiger partial charge in [0, 0.05) is 16.5 Å². The molecule has 40 heavy (non-hydrogen) atoms. The van der Waals surface area contributed by atoms with E-state index in [9.17, 15) is 13.0 Å². The van der Waals surface area contributed by atoms with Crippen molar-refractivity contribution in [3.05, 3.63) is 109 Å². The molecule has 10 nitrogen and oxygen atoms in total. The standard InChI is InChI=1S/C29H23N7O3S/c1-19-17-23(11-14-27(19)34-31-21-5-3-2-4-6-21)33-36-29-16-15-28(35-32-22-9-7-20(30)8-10-22)25-13-12-24(18-26(25)29)40(37,38)39/h2-18H,30H2,1H3,(H,37,38,39). The molecule has 0 amide bonds. The lowest BCUT2D eigenvalue weighted by molar-refractivity contribution is 0.483. The van der Waals surface area contributed by atoms with Gasteiger partial charge in [-0.3, -0.25) is 4.55 Å². The monoisotopic (exact) mass is 549 g/mol. The number of anilines is 1. The number of nitrogens with zero attached hydrogens (tertiary/aromatic N) is 6. The fourth-order valence-electron chi connectivity index (χ4n) is 3.82. The highest BCUT2D eigenvalue weighted by Gasteiger charge is 2.14. The van der Waals surface area contributed by atoms with Crippen molar-refractivity contribution >= 4 is 60.7 Å². The van der Waals surface area contributed by atoms with Crippen LogP contribution in [0.4, 0.5) is 39.8 Å². The highest BCUT2D eigenvalue weighted by Crippen LogP contribution is 2.37. The molecule has 0 bridgehead atoms. The fraction of sp³-hybridized carbons (Fsp3) is 0.0345. The van der Waals surface area contributed by atoms with Gasteiger partial charge in [-0.25, -0.2) is 0 Å². The van der Waals surface area contributed by atoms with Gasteiger partial charge in [0.1, 0.15) is 0 Å². The summed E-state index contributed by atoms with van der Waals surface area (Å²) in [5.74, 6) is 0. The van der Waals surface area contributed by atoms with Crippen LogP contribution in [-0.2, 0) is 10.1 Å². The first-order valence-electron chi connectivity index (χ1n) is 12.1. The second-order valence-electron chi connectivity index (χ2n) is 8.78. The normalized spacial score (nSPS) is 12.2. The first-order valence-corrected chi connectivity index (χ1v) is 13.5. The van der Waals surface area contributed by atoms with Gasteiger partial charge in [0.25, 0.3) is 10.1 Å². The first-order chi connectivity index (χ1) is 19.3. The van der Waals surface area contributed by atoms with E-state index in [0.29, 0.717) is 44.9 Å². The van der Waals surface area contributed by atoms with Gasteiger partial charge in [-0.1, -0.05) is 24.3 Å². The summed E-state index contributed by atoms with van der Waals surface area (Å²) in [7, 11) is -4.44. The zero-order valence-corrected chi connectivity index (χ0v) is 22.1. The maximum atomic E-state index is 11.8. The van der Waals surface area contributed by atoms with Crippen LogP contribution in [0, 0.1) is 6.92 Å². The van der Waals surface area contributed by atoms with Crippen molar-refractivity contribution in [1.82, 2.24) is 0 Å². The van der Waals surface area contributed by atoms with Crippen molar-refractivity contribution in [3.8, 4) is 0 Å². The fourth-order valence-corrected chi connectivity index (χ4v) is 4.32. The average molecular weight is 550 g/mol. The highest BCUT2D eigenvalue weighted by atomic mass is 32.2. The van der Waals surface area contributed by atoms with E-state index in [1.165, 1.54) is 12.1 Å². The molecule has 0 aliphatic heterocycles. The van der Waals surface area contributed by atoms with Gasteiger partial charge in [-0.05, 0) is 91.3 Å². The minimum Gasteiger partial charge on any atom is -0.399 e. The number of hydrogen-bond donors (Lipinski definition) is 2. The Labute approximate surface area is 230 Å². The Morgan fingerprint density at radius 2 is 1.12 bits per heavy atom. The van der Waals surface area contributed by atoms with E-state index in [0.717, 1.165) is 11.3 Å². The Morgan fingerprint density at radius 3 is 1.77 bits per heavy atom. The molecule has 0 fully saturated rings. The van der Waals surface area contributed by atoms with Crippen LogP contribution in [0.25, 0.3) is 10.8 Å². The van der Waals surface area contributed by atoms with Gasteiger partial charge in [-0.15, -0.1) is 10.2 Å². The minimum absolute atomic E-state index is 0.270. The number of azo groups is 3. The van der Waals surface area contributed by atoms with Crippen LogP contribution in [0.5, 0.6) is 0 Å². The lowest BCUT2D eigenvalue weighted by Gasteiger charge is -2.07.